The lowest BCUT2D eigenvalue weighted by molar-refractivity contribution is -0.136. The summed E-state index contributed by atoms with van der Waals surface area (Å²) in [5.74, 6) is 0.246. The zero-order valence-electron chi connectivity index (χ0n) is 13.5. The number of aromatic amines is 1. The number of carboxylic acids is 1. The topological polar surface area (TPSA) is 71.5 Å². The number of methoxy groups -OCH3 is 2. The number of carboxylic acid groups (broad SMARTS) is 1. The van der Waals surface area contributed by atoms with E-state index in [1.807, 2.05) is 0 Å². The normalized spacial score (nSPS) is 10.9. The molecule has 0 unspecified atom stereocenters. The molecule has 25 heavy (non-hydrogen) atoms. The Morgan fingerprint density at radius 2 is 1.92 bits per heavy atom. The molecule has 5 nitrogen and oxygen atoms in total. The van der Waals surface area contributed by atoms with Crippen LogP contribution in [-0.4, -0.2) is 30.3 Å². The third-order valence-electron chi connectivity index (χ3n) is 3.92. The molecule has 0 spiro atoms. The predicted octanol–water partition coefficient (Wildman–Crippen LogP) is 4.79. The van der Waals surface area contributed by atoms with Crippen molar-refractivity contribution in [2.75, 3.05) is 14.2 Å². The molecule has 1 heterocycles. The molecule has 2 aromatic carbocycles. The van der Waals surface area contributed by atoms with E-state index in [1.54, 1.807) is 44.6 Å². The number of ether oxygens (including phenoxy) is 2. The van der Waals surface area contributed by atoms with Crippen molar-refractivity contribution >= 4 is 40.1 Å². The van der Waals surface area contributed by atoms with Crippen molar-refractivity contribution in [3.8, 4) is 22.8 Å². The first kappa shape index (κ1) is 17.5. The molecule has 0 fully saturated rings. The van der Waals surface area contributed by atoms with Crippen molar-refractivity contribution in [1.82, 2.24) is 4.98 Å². The van der Waals surface area contributed by atoms with E-state index in [0.717, 1.165) is 0 Å². The number of fused-ring (bicyclic) bond motifs is 1. The molecule has 3 rings (SSSR count). The van der Waals surface area contributed by atoms with Gasteiger partial charge < -0.3 is 19.6 Å². The summed E-state index contributed by atoms with van der Waals surface area (Å²) in [6.07, 6.45) is -0.197. The molecule has 0 aliphatic carbocycles. The predicted molar refractivity (Wildman–Crippen MR) is 98.2 cm³/mol. The molecular weight excluding hydrogens is 365 g/mol. The van der Waals surface area contributed by atoms with Crippen LogP contribution < -0.4 is 9.47 Å². The van der Waals surface area contributed by atoms with E-state index in [-0.39, 0.29) is 6.42 Å². The lowest BCUT2D eigenvalue weighted by Gasteiger charge is -2.11. The summed E-state index contributed by atoms with van der Waals surface area (Å²) in [6, 6.07) is 8.62. The zero-order chi connectivity index (χ0) is 18.1. The van der Waals surface area contributed by atoms with Gasteiger partial charge >= 0.3 is 5.97 Å². The van der Waals surface area contributed by atoms with Gasteiger partial charge in [-0.25, -0.2) is 0 Å². The summed E-state index contributed by atoms with van der Waals surface area (Å²) in [4.78, 5) is 14.6. The smallest absolute Gasteiger partial charge is 0.307 e. The highest BCUT2D eigenvalue weighted by molar-refractivity contribution is 6.39. The number of aliphatic carboxylic acids is 1. The third-order valence-corrected chi connectivity index (χ3v) is 4.44. The maximum absolute atomic E-state index is 11.4. The van der Waals surface area contributed by atoms with Crippen LogP contribution in [0.3, 0.4) is 0 Å². The minimum absolute atomic E-state index is 0.197. The highest BCUT2D eigenvalue weighted by Gasteiger charge is 2.21. The first-order valence-electron chi connectivity index (χ1n) is 7.38. The van der Waals surface area contributed by atoms with Crippen LogP contribution in [0.25, 0.3) is 22.2 Å². The molecule has 1 aromatic heterocycles. The van der Waals surface area contributed by atoms with Crippen LogP contribution in [0.1, 0.15) is 5.56 Å². The fraction of sp³-hybridized carbons (Fsp3) is 0.167. The monoisotopic (exact) mass is 379 g/mol. The molecule has 0 bridgehead atoms. The number of aromatic nitrogens is 1. The zero-order valence-corrected chi connectivity index (χ0v) is 15.0. The fourth-order valence-electron chi connectivity index (χ4n) is 2.88. The Balaban J connectivity index is 2.36. The number of benzene rings is 2. The van der Waals surface area contributed by atoms with Gasteiger partial charge in [-0.2, -0.15) is 0 Å². The van der Waals surface area contributed by atoms with Gasteiger partial charge in [-0.15, -0.1) is 0 Å². The number of halogens is 2. The number of carbonyl (C=O) groups is 1. The number of H-pyrrole nitrogens is 1. The molecule has 2 N–H and O–H groups in total. The summed E-state index contributed by atoms with van der Waals surface area (Å²) >= 11 is 12.4. The van der Waals surface area contributed by atoms with Crippen molar-refractivity contribution in [1.29, 1.82) is 0 Å². The van der Waals surface area contributed by atoms with Crippen LogP contribution in [-0.2, 0) is 11.2 Å². The van der Waals surface area contributed by atoms with Gasteiger partial charge in [0.25, 0.3) is 0 Å². The average Bonchev–Trinajstić information content (AvgIpc) is 2.91. The average molecular weight is 380 g/mol. The maximum Gasteiger partial charge on any atom is 0.307 e. The second-order valence-corrected chi connectivity index (χ2v) is 6.27. The molecule has 0 amide bonds. The first-order valence-corrected chi connectivity index (χ1v) is 8.14. The molecule has 130 valence electrons. The van der Waals surface area contributed by atoms with E-state index in [9.17, 15) is 9.90 Å². The Morgan fingerprint density at radius 3 is 2.56 bits per heavy atom. The van der Waals surface area contributed by atoms with Gasteiger partial charge in [0.1, 0.15) is 11.5 Å². The number of hydrogen-bond donors (Lipinski definition) is 2. The minimum Gasteiger partial charge on any atom is -0.497 e. The Hall–Kier alpha value is -2.37. The van der Waals surface area contributed by atoms with E-state index in [4.69, 9.17) is 32.7 Å². The van der Waals surface area contributed by atoms with E-state index in [0.29, 0.717) is 49.3 Å². The number of nitrogens with one attached hydrogen (secondary N) is 1. The number of hydrogen-bond acceptors (Lipinski definition) is 3. The van der Waals surface area contributed by atoms with E-state index < -0.39 is 5.97 Å². The molecule has 0 atom stereocenters. The SMILES string of the molecule is COc1ccc(OC)c(-c2[nH]c3cc(Cl)cc(Cl)c3c2CC(=O)O)c1. The van der Waals surface area contributed by atoms with Gasteiger partial charge in [0, 0.05) is 21.5 Å². The quantitative estimate of drug-likeness (QED) is 0.668. The van der Waals surface area contributed by atoms with Gasteiger partial charge in [-0.3, -0.25) is 4.79 Å². The minimum atomic E-state index is -0.963. The molecule has 0 saturated carbocycles. The Morgan fingerprint density at radius 1 is 1.16 bits per heavy atom. The van der Waals surface area contributed by atoms with Crippen molar-refractivity contribution in [3.05, 3.63) is 45.9 Å². The summed E-state index contributed by atoms with van der Waals surface area (Å²) in [6.45, 7) is 0. The van der Waals surface area contributed by atoms with Crippen LogP contribution >= 0.6 is 23.2 Å². The van der Waals surface area contributed by atoms with Gasteiger partial charge in [-0.05, 0) is 35.9 Å². The molecule has 7 heteroatoms. The maximum atomic E-state index is 11.4. The van der Waals surface area contributed by atoms with E-state index in [1.165, 1.54) is 0 Å². The van der Waals surface area contributed by atoms with Crippen LogP contribution in [0.4, 0.5) is 0 Å². The molecule has 0 saturated heterocycles. The summed E-state index contributed by atoms with van der Waals surface area (Å²) in [5.41, 5.74) is 2.52. The van der Waals surface area contributed by atoms with Crippen molar-refractivity contribution in [2.24, 2.45) is 0 Å². The van der Waals surface area contributed by atoms with Gasteiger partial charge in [-0.1, -0.05) is 23.2 Å². The summed E-state index contributed by atoms with van der Waals surface area (Å²) < 4.78 is 10.7. The van der Waals surface area contributed by atoms with E-state index in [2.05, 4.69) is 4.98 Å². The van der Waals surface area contributed by atoms with Crippen LogP contribution in [0.5, 0.6) is 11.5 Å². The summed E-state index contributed by atoms with van der Waals surface area (Å²) in [5, 5.41) is 10.8. The van der Waals surface area contributed by atoms with Gasteiger partial charge in [0.05, 0.1) is 31.4 Å². The van der Waals surface area contributed by atoms with Gasteiger partial charge in [0.2, 0.25) is 0 Å². The molecule has 0 radical (unpaired) electrons. The molecule has 0 aliphatic rings. The largest absolute Gasteiger partial charge is 0.497 e. The van der Waals surface area contributed by atoms with Crippen molar-refractivity contribution in [2.45, 2.75) is 6.42 Å². The number of rotatable bonds is 5. The van der Waals surface area contributed by atoms with Crippen LogP contribution in [0.2, 0.25) is 10.0 Å². The highest BCUT2D eigenvalue weighted by Crippen LogP contribution is 2.41. The van der Waals surface area contributed by atoms with Crippen LogP contribution in [0.15, 0.2) is 30.3 Å². The second kappa shape index (κ2) is 6.86. The third kappa shape index (κ3) is 3.25. The second-order valence-electron chi connectivity index (χ2n) is 5.43. The Bertz CT molecular complexity index is 965. The summed E-state index contributed by atoms with van der Waals surface area (Å²) in [7, 11) is 3.11. The van der Waals surface area contributed by atoms with Gasteiger partial charge in [0.15, 0.2) is 0 Å². The Labute approximate surface area is 154 Å². The van der Waals surface area contributed by atoms with Crippen LogP contribution in [0, 0.1) is 0 Å². The first-order chi connectivity index (χ1) is 11.9. The van der Waals surface area contributed by atoms with Crippen molar-refractivity contribution in [3.63, 3.8) is 0 Å². The lowest BCUT2D eigenvalue weighted by atomic mass is 10.0. The fourth-order valence-corrected chi connectivity index (χ4v) is 3.49. The highest BCUT2D eigenvalue weighted by atomic mass is 35.5. The molecule has 3 aromatic rings. The van der Waals surface area contributed by atoms with E-state index >= 15 is 0 Å². The molecule has 0 aliphatic heterocycles. The molecular formula is C18H15Cl2NO4. The standard InChI is InChI=1S/C18H15Cl2NO4/c1-24-10-3-4-15(25-2)11(7-10)18-12(8-16(22)23)17-13(20)5-9(19)6-14(17)21-18/h3-7,21H,8H2,1-2H3,(H,22,23). The lowest BCUT2D eigenvalue weighted by Crippen LogP contribution is -2.01. The van der Waals surface area contributed by atoms with Crippen molar-refractivity contribution < 1.29 is 19.4 Å². The Kier molecular flexibility index (Phi) is 4.79.